The van der Waals surface area contributed by atoms with Crippen molar-refractivity contribution in [2.24, 2.45) is 0 Å². The van der Waals surface area contributed by atoms with Gasteiger partial charge in [0.25, 0.3) is 0 Å². The van der Waals surface area contributed by atoms with E-state index >= 15 is 0 Å². The van der Waals surface area contributed by atoms with Gasteiger partial charge in [0.1, 0.15) is 12.0 Å². The highest BCUT2D eigenvalue weighted by molar-refractivity contribution is 5.87. The minimum Gasteiger partial charge on any atom is -0.478 e. The van der Waals surface area contributed by atoms with Crippen molar-refractivity contribution in [1.29, 1.82) is 0 Å². The molecule has 3 rings (SSSR count). The largest absolute Gasteiger partial charge is 0.478 e. The summed E-state index contributed by atoms with van der Waals surface area (Å²) < 4.78 is 10.4. The molecule has 2 N–H and O–H groups in total. The molecule has 21 heavy (non-hydrogen) atoms. The van der Waals surface area contributed by atoms with Crippen molar-refractivity contribution in [3.05, 3.63) is 60.5 Å². The van der Waals surface area contributed by atoms with Crippen LogP contribution >= 0.6 is 0 Å². The van der Waals surface area contributed by atoms with E-state index in [1.807, 2.05) is 24.3 Å². The van der Waals surface area contributed by atoms with Crippen LogP contribution in [0.25, 0.3) is 11.3 Å². The molecular weight excluding hydrogens is 272 g/mol. The standard InChI is InChI=1S/C15H12N2O4/c18-15(19)11-5-13(20-8-11)6-17-12-3-1-2-10(4-12)14-7-16-9-21-14/h1-5,7-9,17H,6H2,(H,18,19). The second-order valence-corrected chi connectivity index (χ2v) is 4.41. The van der Waals surface area contributed by atoms with E-state index in [9.17, 15) is 4.79 Å². The number of oxazole rings is 1. The van der Waals surface area contributed by atoms with Gasteiger partial charge in [-0.05, 0) is 18.2 Å². The summed E-state index contributed by atoms with van der Waals surface area (Å²) in [5.41, 5.74) is 1.92. The summed E-state index contributed by atoms with van der Waals surface area (Å²) in [4.78, 5) is 14.7. The van der Waals surface area contributed by atoms with Crippen molar-refractivity contribution < 1.29 is 18.7 Å². The molecule has 6 nitrogen and oxygen atoms in total. The Labute approximate surface area is 120 Å². The monoisotopic (exact) mass is 284 g/mol. The molecule has 0 radical (unpaired) electrons. The van der Waals surface area contributed by atoms with E-state index in [4.69, 9.17) is 13.9 Å². The van der Waals surface area contributed by atoms with Crippen molar-refractivity contribution in [3.63, 3.8) is 0 Å². The van der Waals surface area contributed by atoms with Gasteiger partial charge in [-0.3, -0.25) is 0 Å². The van der Waals surface area contributed by atoms with E-state index in [2.05, 4.69) is 10.3 Å². The fourth-order valence-electron chi connectivity index (χ4n) is 1.92. The van der Waals surface area contributed by atoms with Crippen LogP contribution in [0.3, 0.4) is 0 Å². The molecule has 0 amide bonds. The van der Waals surface area contributed by atoms with Crippen molar-refractivity contribution in [1.82, 2.24) is 4.98 Å². The smallest absolute Gasteiger partial charge is 0.338 e. The Hall–Kier alpha value is -3.02. The summed E-state index contributed by atoms with van der Waals surface area (Å²) in [7, 11) is 0. The first-order valence-corrected chi connectivity index (χ1v) is 6.26. The summed E-state index contributed by atoms with van der Waals surface area (Å²) in [6.45, 7) is 0.396. The number of carboxylic acids is 1. The van der Waals surface area contributed by atoms with Crippen LogP contribution < -0.4 is 5.32 Å². The Kier molecular flexibility index (Phi) is 3.42. The van der Waals surface area contributed by atoms with Gasteiger partial charge in [-0.1, -0.05) is 12.1 Å². The third-order valence-corrected chi connectivity index (χ3v) is 2.95. The van der Waals surface area contributed by atoms with Gasteiger partial charge in [0, 0.05) is 11.3 Å². The van der Waals surface area contributed by atoms with Gasteiger partial charge in [0.05, 0.1) is 18.3 Å². The third-order valence-electron chi connectivity index (χ3n) is 2.95. The minimum atomic E-state index is -1.00. The highest BCUT2D eigenvalue weighted by Gasteiger charge is 2.08. The molecule has 106 valence electrons. The van der Waals surface area contributed by atoms with Crippen molar-refractivity contribution in [2.45, 2.75) is 6.54 Å². The second kappa shape index (κ2) is 5.54. The molecule has 0 aliphatic carbocycles. The van der Waals surface area contributed by atoms with E-state index in [1.165, 1.54) is 18.7 Å². The van der Waals surface area contributed by atoms with Crippen LogP contribution in [0.5, 0.6) is 0 Å². The third kappa shape index (κ3) is 2.94. The number of aromatic nitrogens is 1. The maximum atomic E-state index is 10.8. The average molecular weight is 284 g/mol. The molecular formula is C15H12N2O4. The number of nitrogens with zero attached hydrogens (tertiary/aromatic N) is 1. The minimum absolute atomic E-state index is 0.141. The topological polar surface area (TPSA) is 88.5 Å². The summed E-state index contributed by atoms with van der Waals surface area (Å²) in [5, 5.41) is 12.0. The fraction of sp³-hybridized carbons (Fsp3) is 0.0667. The van der Waals surface area contributed by atoms with Gasteiger partial charge in [0.15, 0.2) is 12.2 Å². The molecule has 1 aromatic carbocycles. The first-order chi connectivity index (χ1) is 10.2. The van der Waals surface area contributed by atoms with Crippen molar-refractivity contribution >= 4 is 11.7 Å². The molecule has 0 aliphatic heterocycles. The molecule has 0 spiro atoms. The van der Waals surface area contributed by atoms with E-state index < -0.39 is 5.97 Å². The Morgan fingerprint density at radius 3 is 2.90 bits per heavy atom. The Morgan fingerprint density at radius 2 is 2.19 bits per heavy atom. The first kappa shape index (κ1) is 13.0. The Morgan fingerprint density at radius 1 is 1.29 bits per heavy atom. The molecule has 0 unspecified atom stereocenters. The zero-order valence-corrected chi connectivity index (χ0v) is 10.9. The highest BCUT2D eigenvalue weighted by Crippen LogP contribution is 2.22. The molecule has 6 heteroatoms. The van der Waals surface area contributed by atoms with Gasteiger partial charge in [-0.2, -0.15) is 0 Å². The van der Waals surface area contributed by atoms with E-state index in [1.54, 1.807) is 6.20 Å². The molecule has 0 bridgehead atoms. The molecule has 0 saturated heterocycles. The lowest BCUT2D eigenvalue weighted by atomic mass is 10.1. The first-order valence-electron chi connectivity index (χ1n) is 6.26. The van der Waals surface area contributed by atoms with E-state index in [-0.39, 0.29) is 5.56 Å². The quantitative estimate of drug-likeness (QED) is 0.747. The number of anilines is 1. The number of aromatic carboxylic acids is 1. The molecule has 2 aromatic heterocycles. The SMILES string of the molecule is O=C(O)c1coc(CNc2cccc(-c3cnco3)c2)c1. The second-order valence-electron chi connectivity index (χ2n) is 4.41. The van der Waals surface area contributed by atoms with E-state index in [0.29, 0.717) is 18.1 Å². The van der Waals surface area contributed by atoms with Crippen molar-refractivity contribution in [3.8, 4) is 11.3 Å². The number of hydrogen-bond donors (Lipinski definition) is 2. The molecule has 0 saturated carbocycles. The van der Waals surface area contributed by atoms with Gasteiger partial charge >= 0.3 is 5.97 Å². The lowest BCUT2D eigenvalue weighted by Gasteiger charge is -2.05. The van der Waals surface area contributed by atoms with Gasteiger partial charge in [-0.25, -0.2) is 9.78 Å². The number of nitrogens with one attached hydrogen (secondary N) is 1. The van der Waals surface area contributed by atoms with Crippen LogP contribution in [-0.4, -0.2) is 16.1 Å². The number of hydrogen-bond acceptors (Lipinski definition) is 5. The van der Waals surface area contributed by atoms with Crippen LogP contribution in [0, 0.1) is 0 Å². The Bertz CT molecular complexity index is 747. The maximum Gasteiger partial charge on any atom is 0.338 e. The van der Waals surface area contributed by atoms with Crippen LogP contribution in [0.2, 0.25) is 0 Å². The zero-order chi connectivity index (χ0) is 14.7. The average Bonchev–Trinajstić information content (AvgIpc) is 3.17. The number of carboxylic acid groups (broad SMARTS) is 1. The van der Waals surface area contributed by atoms with Gasteiger partial charge in [0.2, 0.25) is 0 Å². The van der Waals surface area contributed by atoms with Gasteiger partial charge in [-0.15, -0.1) is 0 Å². The summed E-state index contributed by atoms with van der Waals surface area (Å²) in [5.74, 6) is 0.236. The predicted molar refractivity (Wildman–Crippen MR) is 74.9 cm³/mol. The lowest BCUT2D eigenvalue weighted by molar-refractivity contribution is 0.0696. The molecule has 0 atom stereocenters. The number of benzene rings is 1. The normalized spacial score (nSPS) is 10.5. The molecule has 3 aromatic rings. The van der Waals surface area contributed by atoms with E-state index in [0.717, 1.165) is 11.3 Å². The molecule has 0 fully saturated rings. The number of carbonyl (C=O) groups is 1. The van der Waals surface area contributed by atoms with Crippen LogP contribution in [0.1, 0.15) is 16.1 Å². The fourth-order valence-corrected chi connectivity index (χ4v) is 1.92. The van der Waals surface area contributed by atoms with Gasteiger partial charge < -0.3 is 19.3 Å². The summed E-state index contributed by atoms with van der Waals surface area (Å²) >= 11 is 0. The maximum absolute atomic E-state index is 10.8. The summed E-state index contributed by atoms with van der Waals surface area (Å²) in [6, 6.07) is 9.13. The van der Waals surface area contributed by atoms with Crippen molar-refractivity contribution in [2.75, 3.05) is 5.32 Å². The summed E-state index contributed by atoms with van der Waals surface area (Å²) in [6.07, 6.45) is 4.25. The van der Waals surface area contributed by atoms with Crippen LogP contribution in [0.15, 0.2) is 58.0 Å². The molecule has 2 heterocycles. The van der Waals surface area contributed by atoms with Crippen LogP contribution in [0.4, 0.5) is 5.69 Å². The van der Waals surface area contributed by atoms with Crippen LogP contribution in [-0.2, 0) is 6.54 Å². The predicted octanol–water partition coefficient (Wildman–Crippen LogP) is 3.24. The lowest BCUT2D eigenvalue weighted by Crippen LogP contribution is -1.98. The Balaban J connectivity index is 1.70. The highest BCUT2D eigenvalue weighted by atomic mass is 16.4. The number of furan rings is 1. The number of rotatable bonds is 5. The molecule has 0 aliphatic rings. The zero-order valence-electron chi connectivity index (χ0n) is 10.9.